The molecule has 14 heavy (non-hydrogen) atoms. The van der Waals surface area contributed by atoms with Crippen LogP contribution in [-0.4, -0.2) is 38.8 Å². The highest BCUT2D eigenvalue weighted by Gasteiger charge is 2.20. The lowest BCUT2D eigenvalue weighted by Gasteiger charge is -2.21. The first-order valence-corrected chi connectivity index (χ1v) is 5.40. The SMILES string of the molecule is CCNCCNC(=O)C1CCOCC1. The van der Waals surface area contributed by atoms with Gasteiger partial charge in [-0.25, -0.2) is 0 Å². The zero-order valence-corrected chi connectivity index (χ0v) is 8.84. The molecule has 0 aromatic carbocycles. The van der Waals surface area contributed by atoms with E-state index in [1.807, 2.05) is 0 Å². The topological polar surface area (TPSA) is 50.4 Å². The number of rotatable bonds is 5. The first-order valence-electron chi connectivity index (χ1n) is 5.40. The summed E-state index contributed by atoms with van der Waals surface area (Å²) in [7, 11) is 0. The Morgan fingerprint density at radius 1 is 1.36 bits per heavy atom. The maximum Gasteiger partial charge on any atom is 0.223 e. The van der Waals surface area contributed by atoms with Gasteiger partial charge in [-0.05, 0) is 19.4 Å². The average molecular weight is 200 g/mol. The Morgan fingerprint density at radius 2 is 2.07 bits per heavy atom. The van der Waals surface area contributed by atoms with E-state index >= 15 is 0 Å². The summed E-state index contributed by atoms with van der Waals surface area (Å²) in [5, 5.41) is 6.10. The van der Waals surface area contributed by atoms with Crippen molar-refractivity contribution in [2.24, 2.45) is 5.92 Å². The van der Waals surface area contributed by atoms with Crippen LogP contribution in [0.2, 0.25) is 0 Å². The summed E-state index contributed by atoms with van der Waals surface area (Å²) in [4.78, 5) is 11.6. The van der Waals surface area contributed by atoms with E-state index in [-0.39, 0.29) is 11.8 Å². The lowest BCUT2D eigenvalue weighted by atomic mass is 9.99. The molecule has 4 heteroatoms. The van der Waals surface area contributed by atoms with Gasteiger partial charge < -0.3 is 15.4 Å². The van der Waals surface area contributed by atoms with Crippen molar-refractivity contribution in [1.82, 2.24) is 10.6 Å². The number of ether oxygens (including phenoxy) is 1. The van der Waals surface area contributed by atoms with Gasteiger partial charge in [0.25, 0.3) is 0 Å². The molecule has 82 valence electrons. The number of nitrogens with one attached hydrogen (secondary N) is 2. The molecule has 2 N–H and O–H groups in total. The van der Waals surface area contributed by atoms with Gasteiger partial charge in [0.2, 0.25) is 5.91 Å². The van der Waals surface area contributed by atoms with E-state index in [1.165, 1.54) is 0 Å². The molecule has 0 saturated carbocycles. The molecule has 0 aliphatic carbocycles. The van der Waals surface area contributed by atoms with Crippen molar-refractivity contribution in [1.29, 1.82) is 0 Å². The highest BCUT2D eigenvalue weighted by atomic mass is 16.5. The standard InChI is InChI=1S/C10H20N2O2/c1-2-11-5-6-12-10(13)9-3-7-14-8-4-9/h9,11H,2-8H2,1H3,(H,12,13). The predicted molar refractivity (Wildman–Crippen MR) is 55.1 cm³/mol. The quantitative estimate of drug-likeness (QED) is 0.621. The largest absolute Gasteiger partial charge is 0.381 e. The van der Waals surface area contributed by atoms with Crippen LogP contribution in [0.1, 0.15) is 19.8 Å². The van der Waals surface area contributed by atoms with E-state index in [9.17, 15) is 4.79 Å². The molecule has 4 nitrogen and oxygen atoms in total. The second-order valence-corrected chi connectivity index (χ2v) is 3.53. The van der Waals surface area contributed by atoms with E-state index < -0.39 is 0 Å². The Morgan fingerprint density at radius 3 is 2.71 bits per heavy atom. The van der Waals surface area contributed by atoms with Crippen LogP contribution in [0.25, 0.3) is 0 Å². The van der Waals surface area contributed by atoms with Crippen molar-refractivity contribution < 1.29 is 9.53 Å². The van der Waals surface area contributed by atoms with Crippen LogP contribution in [0.15, 0.2) is 0 Å². The fourth-order valence-electron chi connectivity index (χ4n) is 1.55. The van der Waals surface area contributed by atoms with Gasteiger partial charge in [-0.15, -0.1) is 0 Å². The average Bonchev–Trinajstić information content (AvgIpc) is 2.25. The summed E-state index contributed by atoms with van der Waals surface area (Å²) in [6.45, 7) is 6.04. The van der Waals surface area contributed by atoms with Crippen LogP contribution in [0.4, 0.5) is 0 Å². The Bertz CT molecular complexity index is 168. The van der Waals surface area contributed by atoms with E-state index in [2.05, 4.69) is 17.6 Å². The van der Waals surface area contributed by atoms with E-state index in [0.29, 0.717) is 0 Å². The molecule has 0 aromatic rings. The summed E-state index contributed by atoms with van der Waals surface area (Å²) in [5.74, 6) is 0.358. The second kappa shape index (κ2) is 6.79. The van der Waals surface area contributed by atoms with Gasteiger partial charge in [0.1, 0.15) is 0 Å². The third kappa shape index (κ3) is 4.07. The molecule has 0 spiro atoms. The summed E-state index contributed by atoms with van der Waals surface area (Å²) >= 11 is 0. The van der Waals surface area contributed by atoms with Gasteiger partial charge >= 0.3 is 0 Å². The smallest absolute Gasteiger partial charge is 0.223 e. The minimum Gasteiger partial charge on any atom is -0.381 e. The number of likely N-dealkylation sites (N-methyl/N-ethyl adjacent to an activating group) is 1. The minimum absolute atomic E-state index is 0.172. The van der Waals surface area contributed by atoms with Crippen LogP contribution in [0, 0.1) is 5.92 Å². The van der Waals surface area contributed by atoms with Gasteiger partial charge in [-0.3, -0.25) is 4.79 Å². The van der Waals surface area contributed by atoms with Crippen molar-refractivity contribution in [3.63, 3.8) is 0 Å². The normalized spacial score (nSPS) is 18.1. The van der Waals surface area contributed by atoms with Crippen molar-refractivity contribution in [3.8, 4) is 0 Å². The van der Waals surface area contributed by atoms with Gasteiger partial charge in [-0.2, -0.15) is 0 Å². The summed E-state index contributed by atoms with van der Waals surface area (Å²) in [5.41, 5.74) is 0. The Labute approximate surface area is 85.4 Å². The number of amides is 1. The van der Waals surface area contributed by atoms with Crippen LogP contribution < -0.4 is 10.6 Å². The van der Waals surface area contributed by atoms with Gasteiger partial charge in [0.05, 0.1) is 0 Å². The maximum absolute atomic E-state index is 11.6. The van der Waals surface area contributed by atoms with Crippen LogP contribution in [0.5, 0.6) is 0 Å². The number of hydrogen-bond acceptors (Lipinski definition) is 3. The first-order chi connectivity index (χ1) is 6.84. The van der Waals surface area contributed by atoms with E-state index in [4.69, 9.17) is 4.74 Å². The molecule has 1 amide bonds. The molecule has 1 heterocycles. The number of carbonyl (C=O) groups is 1. The van der Waals surface area contributed by atoms with Gasteiger partial charge in [0, 0.05) is 32.2 Å². The molecule has 0 atom stereocenters. The van der Waals surface area contributed by atoms with Crippen molar-refractivity contribution in [3.05, 3.63) is 0 Å². The Kier molecular flexibility index (Phi) is 5.56. The first kappa shape index (κ1) is 11.5. The highest BCUT2D eigenvalue weighted by molar-refractivity contribution is 5.78. The van der Waals surface area contributed by atoms with Gasteiger partial charge in [-0.1, -0.05) is 6.92 Å². The molecule has 0 aromatic heterocycles. The molecule has 0 unspecified atom stereocenters. The molecular weight excluding hydrogens is 180 g/mol. The molecule has 0 bridgehead atoms. The predicted octanol–water partition coefficient (Wildman–Crippen LogP) is 0.139. The molecule has 1 aliphatic rings. The minimum atomic E-state index is 0.172. The van der Waals surface area contributed by atoms with E-state index in [1.54, 1.807) is 0 Å². The molecule has 0 radical (unpaired) electrons. The summed E-state index contributed by atoms with van der Waals surface area (Å²) in [6, 6.07) is 0. The lowest BCUT2D eigenvalue weighted by Crippen LogP contribution is -2.37. The monoisotopic (exact) mass is 200 g/mol. The second-order valence-electron chi connectivity index (χ2n) is 3.53. The van der Waals surface area contributed by atoms with Crippen molar-refractivity contribution >= 4 is 5.91 Å². The molecule has 1 rings (SSSR count). The summed E-state index contributed by atoms with van der Waals surface area (Å²) < 4.78 is 5.20. The van der Waals surface area contributed by atoms with Crippen molar-refractivity contribution in [2.45, 2.75) is 19.8 Å². The van der Waals surface area contributed by atoms with E-state index in [0.717, 1.165) is 45.7 Å². The Hall–Kier alpha value is -0.610. The number of carbonyl (C=O) groups excluding carboxylic acids is 1. The fraction of sp³-hybridized carbons (Fsp3) is 0.900. The molecular formula is C10H20N2O2. The maximum atomic E-state index is 11.6. The highest BCUT2D eigenvalue weighted by Crippen LogP contribution is 2.13. The van der Waals surface area contributed by atoms with Crippen molar-refractivity contribution in [2.75, 3.05) is 32.8 Å². The third-order valence-corrected chi connectivity index (χ3v) is 2.44. The zero-order chi connectivity index (χ0) is 10.2. The van der Waals surface area contributed by atoms with Crippen LogP contribution in [0.3, 0.4) is 0 Å². The molecule has 1 saturated heterocycles. The summed E-state index contributed by atoms with van der Waals surface area (Å²) in [6.07, 6.45) is 1.74. The molecule has 1 aliphatic heterocycles. The van der Waals surface area contributed by atoms with Gasteiger partial charge in [0.15, 0.2) is 0 Å². The fourth-order valence-corrected chi connectivity index (χ4v) is 1.55. The number of hydrogen-bond donors (Lipinski definition) is 2. The lowest BCUT2D eigenvalue weighted by molar-refractivity contribution is -0.127. The van der Waals surface area contributed by atoms with Crippen LogP contribution in [-0.2, 0) is 9.53 Å². The zero-order valence-electron chi connectivity index (χ0n) is 8.84. The Balaban J connectivity index is 2.07. The molecule has 1 fully saturated rings. The van der Waals surface area contributed by atoms with Crippen LogP contribution >= 0.6 is 0 Å². The third-order valence-electron chi connectivity index (χ3n) is 2.44.